The Bertz CT molecular complexity index is 1640. The zero-order chi connectivity index (χ0) is 57.1. The van der Waals surface area contributed by atoms with E-state index in [1.165, 1.54) is 135 Å². The van der Waals surface area contributed by atoms with E-state index in [-0.39, 0.29) is 31.1 Å². The van der Waals surface area contributed by atoms with E-state index in [1.54, 1.807) is 0 Å². The van der Waals surface area contributed by atoms with Crippen LogP contribution in [-0.4, -0.2) is 37.2 Å². The van der Waals surface area contributed by atoms with Gasteiger partial charge in [0.2, 0.25) is 0 Å². The average Bonchev–Trinajstić information content (AvgIpc) is 3.45. The highest BCUT2D eigenvalue weighted by molar-refractivity contribution is 5.71. The number of esters is 3. The monoisotopic (exact) mass is 1090 g/mol. The molecule has 0 rings (SSSR count). The molecule has 0 radical (unpaired) electrons. The maximum absolute atomic E-state index is 12.9. The van der Waals surface area contributed by atoms with Crippen molar-refractivity contribution in [3.63, 3.8) is 0 Å². The summed E-state index contributed by atoms with van der Waals surface area (Å²) in [7, 11) is 0. The van der Waals surface area contributed by atoms with Gasteiger partial charge < -0.3 is 14.2 Å². The number of carbonyl (C=O) groups excluding carboxylic acids is 3. The van der Waals surface area contributed by atoms with Gasteiger partial charge in [0.15, 0.2) is 6.10 Å². The lowest BCUT2D eigenvalue weighted by molar-refractivity contribution is -0.167. The summed E-state index contributed by atoms with van der Waals surface area (Å²) >= 11 is 0. The van der Waals surface area contributed by atoms with E-state index >= 15 is 0 Å². The number of hydrogen-bond donors (Lipinski definition) is 0. The first-order valence-corrected chi connectivity index (χ1v) is 33.0. The summed E-state index contributed by atoms with van der Waals surface area (Å²) in [6, 6.07) is 0. The van der Waals surface area contributed by atoms with Crippen LogP contribution in [0.3, 0.4) is 0 Å². The maximum Gasteiger partial charge on any atom is 0.306 e. The first-order chi connectivity index (χ1) is 39.0. The molecule has 0 aromatic rings. The molecule has 0 saturated carbocycles. The Hall–Kier alpha value is -4.19. The van der Waals surface area contributed by atoms with E-state index < -0.39 is 6.10 Å². The fraction of sp³-hybridized carbons (Fsp3) is 0.685. The molecule has 0 spiro atoms. The molecule has 0 heterocycles. The summed E-state index contributed by atoms with van der Waals surface area (Å²) in [4.78, 5) is 38.2. The van der Waals surface area contributed by atoms with Gasteiger partial charge in [-0.1, -0.05) is 271 Å². The third-order valence-electron chi connectivity index (χ3n) is 13.9. The van der Waals surface area contributed by atoms with Crippen LogP contribution in [-0.2, 0) is 28.6 Å². The molecule has 1 unspecified atom stereocenters. The Labute approximate surface area is 488 Å². The van der Waals surface area contributed by atoms with Crippen molar-refractivity contribution < 1.29 is 28.6 Å². The molecule has 0 amide bonds. The maximum atomic E-state index is 12.9. The molecule has 79 heavy (non-hydrogen) atoms. The molecule has 0 N–H and O–H groups in total. The van der Waals surface area contributed by atoms with Gasteiger partial charge in [0, 0.05) is 19.3 Å². The SMILES string of the molecule is CC/C=C\C/C=C\C/C=C\C/C=C\C/C=C\C/C=C\C/C=C\C/C=C\CCCCCCCCCCCCC(=O)OCC(COC(=O)CCCCCCC/C=C\CCCCCC)OC(=O)CCCCCCC/C=C\CCCCCC. The molecule has 0 aromatic carbocycles. The van der Waals surface area contributed by atoms with Crippen LogP contribution in [0.15, 0.2) is 122 Å². The summed E-state index contributed by atoms with van der Waals surface area (Å²) < 4.78 is 16.9. The van der Waals surface area contributed by atoms with E-state index in [0.717, 1.165) is 128 Å². The van der Waals surface area contributed by atoms with Gasteiger partial charge in [0.1, 0.15) is 13.2 Å². The minimum absolute atomic E-state index is 0.0862. The van der Waals surface area contributed by atoms with E-state index in [2.05, 4.69) is 142 Å². The van der Waals surface area contributed by atoms with Crippen LogP contribution in [0.2, 0.25) is 0 Å². The van der Waals surface area contributed by atoms with Gasteiger partial charge in [-0.05, 0) is 135 Å². The van der Waals surface area contributed by atoms with Crippen LogP contribution in [0.25, 0.3) is 0 Å². The number of carbonyl (C=O) groups is 3. The van der Waals surface area contributed by atoms with Crippen LogP contribution in [0.4, 0.5) is 0 Å². The van der Waals surface area contributed by atoms with Crippen molar-refractivity contribution in [3.05, 3.63) is 122 Å². The Morgan fingerprint density at radius 3 is 0.785 bits per heavy atom. The number of allylic oxidation sites excluding steroid dienone is 20. The van der Waals surface area contributed by atoms with E-state index in [4.69, 9.17) is 14.2 Å². The molecule has 6 heteroatoms. The molecule has 6 nitrogen and oxygen atoms in total. The second-order valence-corrected chi connectivity index (χ2v) is 21.6. The second-order valence-electron chi connectivity index (χ2n) is 21.6. The predicted molar refractivity (Wildman–Crippen MR) is 343 cm³/mol. The fourth-order valence-electron chi connectivity index (χ4n) is 8.98. The molecule has 450 valence electrons. The molecule has 0 aromatic heterocycles. The van der Waals surface area contributed by atoms with Gasteiger partial charge in [-0.2, -0.15) is 0 Å². The first-order valence-electron chi connectivity index (χ1n) is 33.0. The third kappa shape index (κ3) is 64.5. The van der Waals surface area contributed by atoms with Crippen molar-refractivity contribution in [1.29, 1.82) is 0 Å². The number of unbranched alkanes of at least 4 members (excludes halogenated alkanes) is 28. The summed E-state index contributed by atoms with van der Waals surface area (Å²) in [5.41, 5.74) is 0. The van der Waals surface area contributed by atoms with Crippen LogP contribution in [0, 0.1) is 0 Å². The Morgan fingerprint density at radius 2 is 0.494 bits per heavy atom. The molecule has 0 bridgehead atoms. The van der Waals surface area contributed by atoms with E-state index in [1.807, 2.05) is 0 Å². The van der Waals surface area contributed by atoms with Gasteiger partial charge in [0.25, 0.3) is 0 Å². The number of hydrogen-bond acceptors (Lipinski definition) is 6. The van der Waals surface area contributed by atoms with Crippen LogP contribution in [0.1, 0.15) is 303 Å². The third-order valence-corrected chi connectivity index (χ3v) is 13.9. The normalized spacial score (nSPS) is 12.9. The van der Waals surface area contributed by atoms with Crippen LogP contribution >= 0.6 is 0 Å². The zero-order valence-electron chi connectivity index (χ0n) is 51.6. The highest BCUT2D eigenvalue weighted by Gasteiger charge is 2.19. The Kier molecular flexibility index (Phi) is 62.8. The van der Waals surface area contributed by atoms with Gasteiger partial charge >= 0.3 is 17.9 Å². The summed E-state index contributed by atoms with van der Waals surface area (Å²) in [5, 5.41) is 0. The van der Waals surface area contributed by atoms with Gasteiger partial charge in [-0.3, -0.25) is 14.4 Å². The molecule has 0 aliphatic rings. The topological polar surface area (TPSA) is 78.9 Å². The number of rotatable bonds is 59. The highest BCUT2D eigenvalue weighted by atomic mass is 16.6. The van der Waals surface area contributed by atoms with Gasteiger partial charge in [0.05, 0.1) is 0 Å². The van der Waals surface area contributed by atoms with Crippen molar-refractivity contribution in [1.82, 2.24) is 0 Å². The quantitative estimate of drug-likeness (QED) is 0.0261. The van der Waals surface area contributed by atoms with E-state index in [9.17, 15) is 14.4 Å². The molecule has 1 atom stereocenters. The summed E-state index contributed by atoms with van der Waals surface area (Å²) in [5.74, 6) is -0.903. The first kappa shape index (κ1) is 74.8. The fourth-order valence-corrected chi connectivity index (χ4v) is 8.98. The number of ether oxygens (including phenoxy) is 3. The minimum Gasteiger partial charge on any atom is -0.462 e. The van der Waals surface area contributed by atoms with Crippen molar-refractivity contribution >= 4 is 17.9 Å². The van der Waals surface area contributed by atoms with Crippen LogP contribution in [0.5, 0.6) is 0 Å². The lowest BCUT2D eigenvalue weighted by Gasteiger charge is -2.18. The summed E-state index contributed by atoms with van der Waals surface area (Å²) in [6.07, 6.45) is 92.1. The van der Waals surface area contributed by atoms with Gasteiger partial charge in [-0.15, -0.1) is 0 Å². The minimum atomic E-state index is -0.789. The molecular weight excluding hydrogens is 973 g/mol. The highest BCUT2D eigenvalue weighted by Crippen LogP contribution is 2.15. The smallest absolute Gasteiger partial charge is 0.306 e. The standard InChI is InChI=1S/C73H122O6/c1-4-7-10-13-16-19-22-25-26-27-28-29-30-31-32-33-34-35-36-37-38-39-40-41-42-43-44-45-46-49-51-54-57-60-63-66-72(75)78-69-70(79-73(76)67-64-61-58-55-52-48-24-21-18-15-12-9-6-3)68-77-71(74)65-62-59-56-53-50-47-23-20-17-14-11-8-5-2/h7,10,16,19-21,23-26,28-29,31-32,34-35,37-38,40-41,70H,4-6,8-9,11-15,17-18,22,27,30,33,36,39,42-69H2,1-3H3/b10-7-,19-16-,23-20-,24-21-,26-25-,29-28-,32-31-,35-34-,38-37-,41-40-. The van der Waals surface area contributed by atoms with Crippen molar-refractivity contribution in [3.8, 4) is 0 Å². The lowest BCUT2D eigenvalue weighted by atomic mass is 10.1. The van der Waals surface area contributed by atoms with Crippen molar-refractivity contribution in [2.24, 2.45) is 0 Å². The molecule has 0 aliphatic carbocycles. The Balaban J connectivity index is 4.20. The zero-order valence-corrected chi connectivity index (χ0v) is 51.6. The average molecular weight is 1100 g/mol. The molecule has 0 fully saturated rings. The summed E-state index contributed by atoms with van der Waals surface area (Å²) in [6.45, 7) is 6.49. The largest absolute Gasteiger partial charge is 0.462 e. The lowest BCUT2D eigenvalue weighted by Crippen LogP contribution is -2.30. The Morgan fingerprint density at radius 1 is 0.266 bits per heavy atom. The molecule has 0 aliphatic heterocycles. The van der Waals surface area contributed by atoms with Gasteiger partial charge in [-0.25, -0.2) is 0 Å². The van der Waals surface area contributed by atoms with Crippen LogP contribution < -0.4 is 0 Å². The molecule has 0 saturated heterocycles. The second kappa shape index (κ2) is 66.3. The van der Waals surface area contributed by atoms with Crippen molar-refractivity contribution in [2.45, 2.75) is 309 Å². The van der Waals surface area contributed by atoms with E-state index in [0.29, 0.717) is 19.3 Å². The molecular formula is C73H122O6. The van der Waals surface area contributed by atoms with Crippen molar-refractivity contribution in [2.75, 3.05) is 13.2 Å². The predicted octanol–water partition coefficient (Wildman–Crippen LogP) is 22.8.